The quantitative estimate of drug-likeness (QED) is 0.855. The van der Waals surface area contributed by atoms with Crippen LogP contribution in [0.2, 0.25) is 5.22 Å². The van der Waals surface area contributed by atoms with E-state index in [0.717, 1.165) is 4.88 Å². The highest BCUT2D eigenvalue weighted by atomic mass is 35.5. The lowest BCUT2D eigenvalue weighted by Gasteiger charge is -2.07. The minimum atomic E-state index is -0.206. The summed E-state index contributed by atoms with van der Waals surface area (Å²) in [5.74, 6) is 0.709. The maximum absolute atomic E-state index is 6.03. The zero-order valence-electron chi connectivity index (χ0n) is 7.66. The first-order chi connectivity index (χ1) is 6.68. The first-order valence-electron chi connectivity index (χ1n) is 4.23. The molecule has 0 bridgehead atoms. The van der Waals surface area contributed by atoms with E-state index in [0.29, 0.717) is 11.0 Å². The van der Waals surface area contributed by atoms with Crippen molar-refractivity contribution in [2.75, 3.05) is 0 Å². The molecule has 0 fully saturated rings. The van der Waals surface area contributed by atoms with Crippen molar-refractivity contribution in [3.63, 3.8) is 0 Å². The predicted octanol–water partition coefficient (Wildman–Crippen LogP) is 3.35. The minimum Gasteiger partial charge on any atom is -0.448 e. The van der Waals surface area contributed by atoms with E-state index in [4.69, 9.17) is 21.8 Å². The Hall–Kier alpha value is -0.770. The molecule has 0 amide bonds. The molecule has 2 aromatic heterocycles. The van der Waals surface area contributed by atoms with Gasteiger partial charge in [-0.05, 0) is 47.7 Å². The third-order valence-electron chi connectivity index (χ3n) is 2.08. The van der Waals surface area contributed by atoms with Gasteiger partial charge in [-0.3, -0.25) is 0 Å². The van der Waals surface area contributed by atoms with E-state index < -0.39 is 0 Å². The topological polar surface area (TPSA) is 39.2 Å². The highest BCUT2D eigenvalue weighted by Crippen LogP contribution is 2.29. The van der Waals surface area contributed by atoms with Crippen molar-refractivity contribution in [2.45, 2.75) is 13.0 Å². The number of nitrogens with two attached hydrogens (primary N) is 1. The maximum atomic E-state index is 6.03. The summed E-state index contributed by atoms with van der Waals surface area (Å²) in [5.41, 5.74) is 7.22. The summed E-state index contributed by atoms with van der Waals surface area (Å²) in [6, 6.07) is 5.36. The van der Waals surface area contributed by atoms with Crippen LogP contribution in [-0.2, 0) is 0 Å². The molecule has 14 heavy (non-hydrogen) atoms. The van der Waals surface area contributed by atoms with Crippen molar-refractivity contribution in [3.05, 3.63) is 45.0 Å². The van der Waals surface area contributed by atoms with E-state index in [-0.39, 0.29) is 6.04 Å². The summed E-state index contributed by atoms with van der Waals surface area (Å²) in [6.07, 6.45) is 0. The van der Waals surface area contributed by atoms with Crippen molar-refractivity contribution >= 4 is 22.9 Å². The Labute approximate surface area is 91.3 Å². The second-order valence-corrected chi connectivity index (χ2v) is 4.41. The van der Waals surface area contributed by atoms with E-state index in [1.165, 1.54) is 5.56 Å². The molecule has 0 saturated heterocycles. The monoisotopic (exact) mass is 227 g/mol. The van der Waals surface area contributed by atoms with Crippen LogP contribution in [-0.4, -0.2) is 0 Å². The average Bonchev–Trinajstić information content (AvgIpc) is 2.73. The van der Waals surface area contributed by atoms with Crippen molar-refractivity contribution in [1.82, 2.24) is 0 Å². The first kappa shape index (κ1) is 9.77. The van der Waals surface area contributed by atoms with E-state index in [2.05, 4.69) is 0 Å². The van der Waals surface area contributed by atoms with Crippen molar-refractivity contribution in [1.29, 1.82) is 0 Å². The van der Waals surface area contributed by atoms with Gasteiger partial charge < -0.3 is 10.2 Å². The van der Waals surface area contributed by atoms with Gasteiger partial charge in [0.2, 0.25) is 0 Å². The normalized spacial score (nSPS) is 13.1. The van der Waals surface area contributed by atoms with E-state index >= 15 is 0 Å². The van der Waals surface area contributed by atoms with Crippen LogP contribution in [0.25, 0.3) is 0 Å². The molecule has 0 aromatic carbocycles. The Bertz CT molecular complexity index is 435. The molecule has 2 N–H and O–H groups in total. The fourth-order valence-electron chi connectivity index (χ4n) is 1.33. The molecule has 0 aliphatic heterocycles. The van der Waals surface area contributed by atoms with Gasteiger partial charge in [-0.25, -0.2) is 0 Å². The molecule has 2 heterocycles. The molecular weight excluding hydrogens is 218 g/mol. The van der Waals surface area contributed by atoms with Crippen molar-refractivity contribution in [2.24, 2.45) is 5.73 Å². The van der Waals surface area contributed by atoms with E-state index in [1.807, 2.05) is 24.4 Å². The second-order valence-electron chi connectivity index (χ2n) is 3.09. The van der Waals surface area contributed by atoms with Crippen LogP contribution < -0.4 is 5.73 Å². The van der Waals surface area contributed by atoms with Gasteiger partial charge in [0.1, 0.15) is 5.76 Å². The van der Waals surface area contributed by atoms with Gasteiger partial charge in [0.25, 0.3) is 0 Å². The molecule has 0 radical (unpaired) electrons. The van der Waals surface area contributed by atoms with Crippen LogP contribution in [0.3, 0.4) is 0 Å². The largest absolute Gasteiger partial charge is 0.448 e. The molecule has 2 aromatic rings. The molecular formula is C10H10ClNOS. The molecule has 0 spiro atoms. The molecule has 2 rings (SSSR count). The molecule has 4 heteroatoms. The predicted molar refractivity (Wildman–Crippen MR) is 58.8 cm³/mol. The number of hydrogen-bond donors (Lipinski definition) is 1. The molecule has 0 saturated carbocycles. The van der Waals surface area contributed by atoms with Gasteiger partial charge in [-0.2, -0.15) is 0 Å². The van der Waals surface area contributed by atoms with Crippen LogP contribution >= 0.6 is 22.9 Å². The number of hydrogen-bond acceptors (Lipinski definition) is 3. The second kappa shape index (κ2) is 3.77. The van der Waals surface area contributed by atoms with Crippen LogP contribution in [0.4, 0.5) is 0 Å². The third-order valence-corrected chi connectivity index (χ3v) is 3.39. The third kappa shape index (κ3) is 1.71. The molecule has 1 atom stereocenters. The highest BCUT2D eigenvalue weighted by Gasteiger charge is 2.15. The van der Waals surface area contributed by atoms with Gasteiger partial charge in [0.05, 0.1) is 6.04 Å². The van der Waals surface area contributed by atoms with E-state index in [9.17, 15) is 0 Å². The number of aryl methyl sites for hydroxylation is 1. The fourth-order valence-corrected chi connectivity index (χ4v) is 2.42. The standard InChI is InChI=1S/C10H10ClNOS/c1-6-4-5-14-10(6)9(12)7-2-3-8(11)13-7/h2-5,9H,12H2,1H3. The number of furan rings is 1. The van der Waals surface area contributed by atoms with E-state index in [1.54, 1.807) is 17.4 Å². The lowest BCUT2D eigenvalue weighted by atomic mass is 10.1. The Kier molecular flexibility index (Phi) is 2.63. The van der Waals surface area contributed by atoms with Crippen LogP contribution in [0, 0.1) is 6.92 Å². The average molecular weight is 228 g/mol. The number of rotatable bonds is 2. The Morgan fingerprint density at radius 1 is 1.43 bits per heavy atom. The van der Waals surface area contributed by atoms with Gasteiger partial charge >= 0.3 is 0 Å². The summed E-state index contributed by atoms with van der Waals surface area (Å²) in [6.45, 7) is 2.04. The summed E-state index contributed by atoms with van der Waals surface area (Å²) in [4.78, 5) is 1.12. The van der Waals surface area contributed by atoms with Gasteiger partial charge in [-0.15, -0.1) is 11.3 Å². The smallest absolute Gasteiger partial charge is 0.193 e. The molecule has 0 aliphatic carbocycles. The lowest BCUT2D eigenvalue weighted by molar-refractivity contribution is 0.493. The molecule has 1 unspecified atom stereocenters. The Morgan fingerprint density at radius 2 is 2.21 bits per heavy atom. The number of thiophene rings is 1. The Balaban J connectivity index is 2.33. The van der Waals surface area contributed by atoms with Gasteiger partial charge in [0, 0.05) is 4.88 Å². The first-order valence-corrected chi connectivity index (χ1v) is 5.49. The van der Waals surface area contributed by atoms with Gasteiger partial charge in [0.15, 0.2) is 5.22 Å². The zero-order chi connectivity index (χ0) is 10.1. The van der Waals surface area contributed by atoms with Crippen LogP contribution in [0.1, 0.15) is 22.2 Å². The molecule has 2 nitrogen and oxygen atoms in total. The van der Waals surface area contributed by atoms with Crippen LogP contribution in [0.15, 0.2) is 28.0 Å². The molecule has 0 aliphatic rings. The maximum Gasteiger partial charge on any atom is 0.193 e. The number of halogens is 1. The zero-order valence-corrected chi connectivity index (χ0v) is 9.23. The van der Waals surface area contributed by atoms with Crippen molar-refractivity contribution < 1.29 is 4.42 Å². The molecule has 74 valence electrons. The fraction of sp³-hybridized carbons (Fsp3) is 0.200. The summed E-state index contributed by atoms with van der Waals surface area (Å²) in [7, 11) is 0. The summed E-state index contributed by atoms with van der Waals surface area (Å²) in [5, 5.41) is 2.40. The van der Waals surface area contributed by atoms with Crippen LogP contribution in [0.5, 0.6) is 0 Å². The van der Waals surface area contributed by atoms with Gasteiger partial charge in [-0.1, -0.05) is 0 Å². The summed E-state index contributed by atoms with van der Waals surface area (Å²) < 4.78 is 5.27. The lowest BCUT2D eigenvalue weighted by Crippen LogP contribution is -2.10. The van der Waals surface area contributed by atoms with Crippen molar-refractivity contribution in [3.8, 4) is 0 Å². The highest BCUT2D eigenvalue weighted by molar-refractivity contribution is 7.10. The Morgan fingerprint density at radius 3 is 2.71 bits per heavy atom. The summed E-state index contributed by atoms with van der Waals surface area (Å²) >= 11 is 7.32. The minimum absolute atomic E-state index is 0.206. The SMILES string of the molecule is Cc1ccsc1C(N)c1ccc(Cl)o1.